The monoisotopic (exact) mass is 455 g/mol. The Morgan fingerprint density at radius 3 is 1.97 bits per heavy atom. The van der Waals surface area contributed by atoms with Crippen molar-refractivity contribution in [2.45, 2.75) is 12.0 Å². The van der Waals surface area contributed by atoms with Gasteiger partial charge in [-0.05, 0) is 42.0 Å². The van der Waals surface area contributed by atoms with Gasteiger partial charge in [-0.15, -0.1) is 0 Å². The van der Waals surface area contributed by atoms with Crippen LogP contribution in [0.1, 0.15) is 28.7 Å². The van der Waals surface area contributed by atoms with Gasteiger partial charge in [0.2, 0.25) is 13.6 Å². The lowest BCUT2D eigenvalue weighted by molar-refractivity contribution is 0.0761. The third-order valence-electron chi connectivity index (χ3n) is 5.56. The van der Waals surface area contributed by atoms with Crippen LogP contribution >= 0.6 is 23.2 Å². The summed E-state index contributed by atoms with van der Waals surface area (Å²) in [4.78, 5) is 5.96. The SMILES string of the molecule is Clc1cccc(Cl)c1C1=NO[C@H](c2ccc3c(c2)OCO3)[C@H]1c1ccc2c(c1)OCO2. The van der Waals surface area contributed by atoms with Gasteiger partial charge >= 0.3 is 0 Å². The van der Waals surface area contributed by atoms with Crippen LogP contribution in [-0.4, -0.2) is 19.3 Å². The van der Waals surface area contributed by atoms with Crippen molar-refractivity contribution in [3.63, 3.8) is 0 Å². The zero-order valence-corrected chi connectivity index (χ0v) is 17.5. The van der Waals surface area contributed by atoms with Gasteiger partial charge in [-0.3, -0.25) is 0 Å². The highest BCUT2D eigenvalue weighted by Crippen LogP contribution is 2.48. The van der Waals surface area contributed by atoms with E-state index in [0.29, 0.717) is 44.3 Å². The van der Waals surface area contributed by atoms with E-state index in [0.717, 1.165) is 11.1 Å². The summed E-state index contributed by atoms with van der Waals surface area (Å²) in [5.41, 5.74) is 3.14. The Morgan fingerprint density at radius 1 is 0.710 bits per heavy atom. The minimum Gasteiger partial charge on any atom is -0.454 e. The molecule has 8 heteroatoms. The molecule has 156 valence electrons. The minimum atomic E-state index is -0.419. The van der Waals surface area contributed by atoms with E-state index in [9.17, 15) is 0 Å². The molecule has 3 aromatic rings. The summed E-state index contributed by atoms with van der Waals surface area (Å²) in [6.45, 7) is 0.399. The molecule has 0 saturated carbocycles. The summed E-state index contributed by atoms with van der Waals surface area (Å²) in [7, 11) is 0. The number of ether oxygens (including phenoxy) is 4. The van der Waals surface area contributed by atoms with E-state index in [1.807, 2.05) is 36.4 Å². The average Bonchev–Trinajstić information content (AvgIpc) is 3.51. The van der Waals surface area contributed by atoms with Gasteiger partial charge in [0, 0.05) is 11.1 Å². The van der Waals surface area contributed by atoms with Gasteiger partial charge in [0.1, 0.15) is 5.71 Å². The third kappa shape index (κ3) is 3.06. The molecule has 6 nitrogen and oxygen atoms in total. The van der Waals surface area contributed by atoms with Crippen molar-refractivity contribution in [2.75, 3.05) is 13.6 Å². The number of benzene rings is 3. The number of nitrogens with zero attached hydrogens (tertiary/aromatic N) is 1. The van der Waals surface area contributed by atoms with Crippen LogP contribution in [0.15, 0.2) is 59.8 Å². The summed E-state index contributed by atoms with van der Waals surface area (Å²) in [6.07, 6.45) is -0.419. The van der Waals surface area contributed by atoms with Crippen LogP contribution in [0.5, 0.6) is 23.0 Å². The van der Waals surface area contributed by atoms with E-state index in [2.05, 4.69) is 5.16 Å². The zero-order chi connectivity index (χ0) is 20.9. The van der Waals surface area contributed by atoms with Crippen LogP contribution in [0.2, 0.25) is 10.0 Å². The molecule has 0 aliphatic carbocycles. The molecule has 0 amide bonds. The maximum Gasteiger partial charge on any atom is 0.231 e. The topological polar surface area (TPSA) is 58.5 Å². The van der Waals surface area contributed by atoms with Crippen LogP contribution in [0.3, 0.4) is 0 Å². The lowest BCUT2D eigenvalue weighted by Gasteiger charge is -2.21. The molecule has 31 heavy (non-hydrogen) atoms. The van der Waals surface area contributed by atoms with Gasteiger partial charge < -0.3 is 23.8 Å². The molecule has 0 bridgehead atoms. The second-order valence-electron chi connectivity index (χ2n) is 7.30. The van der Waals surface area contributed by atoms with Crippen LogP contribution in [0.25, 0.3) is 0 Å². The molecule has 3 aliphatic heterocycles. The number of fused-ring (bicyclic) bond motifs is 2. The summed E-state index contributed by atoms with van der Waals surface area (Å²) in [5, 5.41) is 5.45. The molecular formula is C23H15Cl2NO5. The Labute approximate surface area is 187 Å². The fraction of sp³-hybridized carbons (Fsp3) is 0.174. The predicted molar refractivity (Wildman–Crippen MR) is 115 cm³/mol. The minimum absolute atomic E-state index is 0.197. The molecule has 0 saturated heterocycles. The van der Waals surface area contributed by atoms with Gasteiger partial charge in [0.05, 0.1) is 16.0 Å². The van der Waals surface area contributed by atoms with Crippen molar-refractivity contribution in [2.24, 2.45) is 5.16 Å². The highest BCUT2D eigenvalue weighted by molar-refractivity contribution is 6.40. The summed E-state index contributed by atoms with van der Waals surface area (Å²) >= 11 is 13.0. The van der Waals surface area contributed by atoms with Gasteiger partial charge in [-0.25, -0.2) is 0 Å². The van der Waals surface area contributed by atoms with E-state index in [4.69, 9.17) is 47.0 Å². The molecule has 0 aromatic heterocycles. The lowest BCUT2D eigenvalue weighted by atomic mass is 9.83. The van der Waals surface area contributed by atoms with Gasteiger partial charge in [0.25, 0.3) is 0 Å². The van der Waals surface area contributed by atoms with Crippen molar-refractivity contribution in [3.8, 4) is 23.0 Å². The van der Waals surface area contributed by atoms with Crippen molar-refractivity contribution in [3.05, 3.63) is 81.3 Å². The molecule has 3 heterocycles. The molecule has 3 aliphatic rings. The molecular weight excluding hydrogens is 441 g/mol. The van der Waals surface area contributed by atoms with E-state index in [1.54, 1.807) is 18.2 Å². The first kappa shape index (κ1) is 18.7. The molecule has 0 unspecified atom stereocenters. The highest BCUT2D eigenvalue weighted by atomic mass is 35.5. The number of halogens is 2. The predicted octanol–water partition coefficient (Wildman–Crippen LogP) is 5.71. The fourth-order valence-electron chi connectivity index (χ4n) is 4.10. The van der Waals surface area contributed by atoms with Crippen molar-refractivity contribution in [1.82, 2.24) is 0 Å². The third-order valence-corrected chi connectivity index (χ3v) is 6.19. The molecule has 2 atom stereocenters. The number of hydrogen-bond donors (Lipinski definition) is 0. The molecule has 3 aromatic carbocycles. The number of oxime groups is 1. The first-order valence-corrected chi connectivity index (χ1v) is 10.4. The van der Waals surface area contributed by atoms with Crippen LogP contribution in [-0.2, 0) is 4.84 Å². The molecule has 6 rings (SSSR count). The van der Waals surface area contributed by atoms with E-state index >= 15 is 0 Å². The van der Waals surface area contributed by atoms with Crippen LogP contribution in [0.4, 0.5) is 0 Å². The second-order valence-corrected chi connectivity index (χ2v) is 8.12. The largest absolute Gasteiger partial charge is 0.454 e. The molecule has 0 fully saturated rings. The molecule has 0 N–H and O–H groups in total. The van der Waals surface area contributed by atoms with E-state index in [-0.39, 0.29) is 19.5 Å². The van der Waals surface area contributed by atoms with Crippen LogP contribution < -0.4 is 18.9 Å². The summed E-state index contributed by atoms with van der Waals surface area (Å²) in [6, 6.07) is 16.9. The van der Waals surface area contributed by atoms with Crippen LogP contribution in [0, 0.1) is 0 Å². The Bertz CT molecular complexity index is 1210. The van der Waals surface area contributed by atoms with Crippen molar-refractivity contribution >= 4 is 28.9 Å². The van der Waals surface area contributed by atoms with Gasteiger partial charge in [0.15, 0.2) is 29.1 Å². The molecule has 0 spiro atoms. The Morgan fingerprint density at radius 2 is 1.29 bits per heavy atom. The lowest BCUT2D eigenvalue weighted by Crippen LogP contribution is -2.17. The number of hydrogen-bond acceptors (Lipinski definition) is 6. The van der Waals surface area contributed by atoms with E-state index in [1.165, 1.54) is 0 Å². The zero-order valence-electron chi connectivity index (χ0n) is 16.0. The highest BCUT2D eigenvalue weighted by Gasteiger charge is 2.40. The second kappa shape index (κ2) is 7.25. The summed E-state index contributed by atoms with van der Waals surface area (Å²) < 4.78 is 22.1. The van der Waals surface area contributed by atoms with Crippen molar-refractivity contribution < 1.29 is 23.8 Å². The summed E-state index contributed by atoms with van der Waals surface area (Å²) in [5.74, 6) is 2.48. The first-order valence-electron chi connectivity index (χ1n) is 9.66. The first-order chi connectivity index (χ1) is 15.2. The van der Waals surface area contributed by atoms with E-state index < -0.39 is 6.10 Å². The normalized spacial score (nSPS) is 20.5. The quantitative estimate of drug-likeness (QED) is 0.506. The molecule has 0 radical (unpaired) electrons. The standard InChI is InChI=1S/C23H15Cl2NO5/c24-14-2-1-3-15(25)21(14)22-20(12-4-6-16-18(8-12)29-10-27-16)23(31-26-22)13-5-7-17-19(9-13)30-11-28-17/h1-9,20,23H,10-11H2/t20-,23+/m0/s1. The van der Waals surface area contributed by atoms with Gasteiger partial charge in [-0.2, -0.15) is 0 Å². The fourth-order valence-corrected chi connectivity index (χ4v) is 4.69. The Balaban J connectivity index is 1.48. The maximum atomic E-state index is 6.52. The van der Waals surface area contributed by atoms with Gasteiger partial charge in [-0.1, -0.05) is 46.6 Å². The maximum absolute atomic E-state index is 6.52. The smallest absolute Gasteiger partial charge is 0.231 e. The Kier molecular flexibility index (Phi) is 4.37. The van der Waals surface area contributed by atoms with Crippen molar-refractivity contribution in [1.29, 1.82) is 0 Å². The average molecular weight is 456 g/mol. The number of rotatable bonds is 3. The Hall–Kier alpha value is -3.09.